The van der Waals surface area contributed by atoms with Crippen molar-refractivity contribution in [3.8, 4) is 0 Å². The summed E-state index contributed by atoms with van der Waals surface area (Å²) in [6.45, 7) is 5.61. The van der Waals surface area contributed by atoms with E-state index in [9.17, 15) is 4.79 Å². The highest BCUT2D eigenvalue weighted by atomic mass is 127. The minimum Gasteiger partial charge on any atom is -0.289 e. The Labute approximate surface area is 80.0 Å². The Kier molecular flexibility index (Phi) is 2.22. The summed E-state index contributed by atoms with van der Waals surface area (Å²) in [6.07, 6.45) is 1.62. The van der Waals surface area contributed by atoms with Crippen molar-refractivity contribution in [1.82, 2.24) is 4.90 Å². The number of hydrogen-bond acceptors (Lipinski definition) is 2. The quantitative estimate of drug-likeness (QED) is 0.401. The molecular weight excluding hydrogens is 255 g/mol. The molecule has 0 aromatic rings. The van der Waals surface area contributed by atoms with Crippen LogP contribution >= 0.6 is 22.6 Å². The molecular formula is C7H11IN2O. The van der Waals surface area contributed by atoms with Crippen molar-refractivity contribution in [3.63, 3.8) is 0 Å². The van der Waals surface area contributed by atoms with E-state index >= 15 is 0 Å². The Morgan fingerprint density at radius 2 is 2.27 bits per heavy atom. The number of halogens is 1. The van der Waals surface area contributed by atoms with Crippen LogP contribution < -0.4 is 0 Å². The second-order valence-corrected chi connectivity index (χ2v) is 4.89. The number of aliphatic imine (C=N–C) groups is 1. The minimum absolute atomic E-state index is 0.0828. The predicted molar refractivity (Wildman–Crippen MR) is 52.9 cm³/mol. The van der Waals surface area contributed by atoms with Crippen LogP contribution in [0.4, 0.5) is 0 Å². The van der Waals surface area contributed by atoms with Gasteiger partial charge in [0.1, 0.15) is 5.54 Å². The average molecular weight is 266 g/mol. The molecule has 0 N–H and O–H groups in total. The van der Waals surface area contributed by atoms with Crippen LogP contribution in [-0.4, -0.2) is 26.7 Å². The topological polar surface area (TPSA) is 32.7 Å². The second kappa shape index (κ2) is 2.73. The van der Waals surface area contributed by atoms with E-state index in [2.05, 4.69) is 27.6 Å². The number of carbonyl (C=O) groups is 1. The van der Waals surface area contributed by atoms with E-state index in [-0.39, 0.29) is 9.96 Å². The molecule has 0 aromatic carbocycles. The van der Waals surface area contributed by atoms with Crippen LogP contribution in [0.15, 0.2) is 4.99 Å². The maximum atomic E-state index is 11.5. The van der Waals surface area contributed by atoms with Crippen molar-refractivity contribution in [2.45, 2.75) is 30.4 Å². The highest BCUT2D eigenvalue weighted by molar-refractivity contribution is 14.1. The first-order valence-electron chi connectivity index (χ1n) is 3.47. The summed E-state index contributed by atoms with van der Waals surface area (Å²) in [5, 5.41) is 0. The summed E-state index contributed by atoms with van der Waals surface area (Å²) < 4.78 is 0.186. The number of carbonyl (C=O) groups excluding carboxylic acids is 1. The third-order valence-corrected chi connectivity index (χ3v) is 2.25. The second-order valence-electron chi connectivity index (χ2n) is 3.09. The van der Waals surface area contributed by atoms with Crippen molar-refractivity contribution in [3.05, 3.63) is 0 Å². The molecule has 4 heteroatoms. The molecule has 1 atom stereocenters. The molecule has 0 spiro atoms. The van der Waals surface area contributed by atoms with E-state index in [0.29, 0.717) is 0 Å². The maximum Gasteiger partial charge on any atom is 0.255 e. The number of rotatable bonds is 1. The van der Waals surface area contributed by atoms with Crippen molar-refractivity contribution < 1.29 is 4.79 Å². The van der Waals surface area contributed by atoms with Crippen molar-refractivity contribution in [1.29, 1.82) is 0 Å². The van der Waals surface area contributed by atoms with Crippen LogP contribution in [0.2, 0.25) is 0 Å². The van der Waals surface area contributed by atoms with Gasteiger partial charge in [0.15, 0.2) is 0 Å². The summed E-state index contributed by atoms with van der Waals surface area (Å²) in [6, 6.07) is 0. The summed E-state index contributed by atoms with van der Waals surface area (Å²) in [5.41, 5.74) is -0.542. The average Bonchev–Trinajstić information content (AvgIpc) is 2.09. The molecule has 0 bridgehead atoms. The predicted octanol–water partition coefficient (Wildman–Crippen LogP) is 1.42. The van der Waals surface area contributed by atoms with Gasteiger partial charge in [-0.15, -0.1) is 0 Å². The van der Waals surface area contributed by atoms with Crippen molar-refractivity contribution >= 4 is 34.8 Å². The molecule has 1 unspecified atom stereocenters. The Morgan fingerprint density at radius 1 is 1.73 bits per heavy atom. The van der Waals surface area contributed by atoms with Gasteiger partial charge in [-0.2, -0.15) is 0 Å². The molecule has 62 valence electrons. The summed E-state index contributed by atoms with van der Waals surface area (Å²) in [5.74, 6) is 0.0828. The van der Waals surface area contributed by atoms with Crippen LogP contribution in [0.5, 0.6) is 0 Å². The fourth-order valence-corrected chi connectivity index (χ4v) is 1.28. The van der Waals surface area contributed by atoms with E-state index in [0.717, 1.165) is 0 Å². The van der Waals surface area contributed by atoms with Gasteiger partial charge in [-0.1, -0.05) is 22.6 Å². The molecule has 0 saturated heterocycles. The molecule has 0 aromatic heterocycles. The smallest absolute Gasteiger partial charge is 0.255 e. The zero-order chi connectivity index (χ0) is 8.65. The third-order valence-electron chi connectivity index (χ3n) is 1.65. The molecule has 0 fully saturated rings. The number of amides is 1. The first-order valence-corrected chi connectivity index (χ1v) is 4.72. The van der Waals surface area contributed by atoms with Crippen LogP contribution in [0, 0.1) is 0 Å². The monoisotopic (exact) mass is 266 g/mol. The molecule has 1 heterocycles. The molecule has 1 aliphatic heterocycles. The van der Waals surface area contributed by atoms with Gasteiger partial charge in [0, 0.05) is 0 Å². The Morgan fingerprint density at radius 3 is 2.45 bits per heavy atom. The summed E-state index contributed by atoms with van der Waals surface area (Å²) >= 11 is 2.19. The van der Waals surface area contributed by atoms with Crippen LogP contribution in [0.1, 0.15) is 20.8 Å². The lowest BCUT2D eigenvalue weighted by atomic mass is 10.1. The van der Waals surface area contributed by atoms with Gasteiger partial charge >= 0.3 is 0 Å². The molecule has 1 aliphatic rings. The Bertz CT molecular complexity index is 210. The largest absolute Gasteiger partial charge is 0.289 e. The normalized spacial score (nSPS) is 24.4. The van der Waals surface area contributed by atoms with Gasteiger partial charge in [0.05, 0.1) is 10.4 Å². The lowest BCUT2D eigenvalue weighted by Crippen LogP contribution is -2.39. The van der Waals surface area contributed by atoms with Gasteiger partial charge < -0.3 is 0 Å². The fraction of sp³-hybridized carbons (Fsp3) is 0.714. The zero-order valence-electron chi connectivity index (χ0n) is 6.84. The summed E-state index contributed by atoms with van der Waals surface area (Å²) in [4.78, 5) is 17.2. The highest BCUT2D eigenvalue weighted by Crippen LogP contribution is 2.21. The minimum atomic E-state index is -0.542. The van der Waals surface area contributed by atoms with Gasteiger partial charge in [0.25, 0.3) is 5.91 Å². The number of hydrogen-bond donors (Lipinski definition) is 0. The fourth-order valence-electron chi connectivity index (χ4n) is 0.884. The molecule has 11 heavy (non-hydrogen) atoms. The van der Waals surface area contributed by atoms with Crippen LogP contribution in [0.25, 0.3) is 0 Å². The zero-order valence-corrected chi connectivity index (χ0v) is 8.99. The molecule has 1 rings (SSSR count). The first-order chi connectivity index (χ1) is 4.95. The highest BCUT2D eigenvalue weighted by Gasteiger charge is 2.37. The standard InChI is InChI=1S/C7H11IN2O/c1-5(8)10-4-9-7(2,3)6(10)11/h4-5H,1-3H3. The van der Waals surface area contributed by atoms with E-state index < -0.39 is 5.54 Å². The van der Waals surface area contributed by atoms with Gasteiger partial charge in [-0.25, -0.2) is 0 Å². The molecule has 0 aliphatic carbocycles. The van der Waals surface area contributed by atoms with Gasteiger partial charge in [0.2, 0.25) is 0 Å². The molecule has 3 nitrogen and oxygen atoms in total. The van der Waals surface area contributed by atoms with E-state index in [1.807, 2.05) is 20.8 Å². The van der Waals surface area contributed by atoms with Crippen molar-refractivity contribution in [2.75, 3.05) is 0 Å². The van der Waals surface area contributed by atoms with E-state index in [4.69, 9.17) is 0 Å². The molecule has 0 radical (unpaired) electrons. The summed E-state index contributed by atoms with van der Waals surface area (Å²) in [7, 11) is 0. The third kappa shape index (κ3) is 1.55. The van der Waals surface area contributed by atoms with E-state index in [1.54, 1.807) is 11.2 Å². The van der Waals surface area contributed by atoms with Crippen LogP contribution in [-0.2, 0) is 4.79 Å². The Hall–Kier alpha value is -0.130. The lowest BCUT2D eigenvalue weighted by Gasteiger charge is -2.19. The molecule has 0 saturated carbocycles. The molecule has 1 amide bonds. The Balaban J connectivity index is 2.81. The van der Waals surface area contributed by atoms with Gasteiger partial charge in [-0.05, 0) is 20.8 Å². The van der Waals surface area contributed by atoms with Gasteiger partial charge in [-0.3, -0.25) is 14.7 Å². The maximum absolute atomic E-state index is 11.5. The van der Waals surface area contributed by atoms with Crippen molar-refractivity contribution in [2.24, 2.45) is 4.99 Å². The SMILES string of the molecule is CC(I)N1C=NC(C)(C)C1=O. The van der Waals surface area contributed by atoms with E-state index in [1.165, 1.54) is 0 Å². The number of alkyl halides is 1. The first kappa shape index (κ1) is 8.96. The van der Waals surface area contributed by atoms with Crippen LogP contribution in [0.3, 0.4) is 0 Å². The number of nitrogens with zero attached hydrogens (tertiary/aromatic N) is 2. The lowest BCUT2D eigenvalue weighted by molar-refractivity contribution is -0.130.